The molecular formula is C23H18N6O3. The Hall–Kier alpha value is -4.71. The highest BCUT2D eigenvalue weighted by Gasteiger charge is 2.22. The molecule has 2 heterocycles. The maximum Gasteiger partial charge on any atom is 0.289 e. The number of aromatic nitrogens is 2. The van der Waals surface area contributed by atoms with Gasteiger partial charge in [0, 0.05) is 35.0 Å². The van der Waals surface area contributed by atoms with Crippen LogP contribution < -0.4 is 15.5 Å². The summed E-state index contributed by atoms with van der Waals surface area (Å²) in [6, 6.07) is 13.7. The number of terminal acetylenes is 1. The van der Waals surface area contributed by atoms with E-state index in [0.717, 1.165) is 5.69 Å². The second-order valence-electron chi connectivity index (χ2n) is 6.74. The van der Waals surface area contributed by atoms with E-state index in [9.17, 15) is 9.59 Å². The molecule has 0 unspecified atom stereocenters. The molecule has 2 aromatic carbocycles. The van der Waals surface area contributed by atoms with Crippen LogP contribution in [0, 0.1) is 17.8 Å². The summed E-state index contributed by atoms with van der Waals surface area (Å²) in [4.78, 5) is 35.3. The normalized spacial score (nSPS) is 12.6. The lowest BCUT2D eigenvalue weighted by Crippen LogP contribution is -2.24. The topological polar surface area (TPSA) is 120 Å². The summed E-state index contributed by atoms with van der Waals surface area (Å²) in [6.07, 6.45) is 8.02. The van der Waals surface area contributed by atoms with E-state index in [0.29, 0.717) is 30.1 Å². The molecule has 0 aliphatic carbocycles. The number of anilines is 3. The van der Waals surface area contributed by atoms with E-state index < -0.39 is 11.8 Å². The van der Waals surface area contributed by atoms with E-state index in [4.69, 9.17) is 16.6 Å². The Labute approximate surface area is 184 Å². The van der Waals surface area contributed by atoms with E-state index in [1.54, 1.807) is 53.4 Å². The smallest absolute Gasteiger partial charge is 0.289 e. The number of carbonyl (C=O) groups is 2. The standard InChI is InChI=1S/C23H18N6O3/c1-2-15-3-5-16(6-4-15)27-21(30)19-20(26-12-11-25-19)22(31)28-17-7-9-18(10-8-17)29-13-14-32-23(29)24/h1,3-12,24H,13-14H2,(H,27,30)(H,28,31). The minimum atomic E-state index is -0.573. The molecule has 1 saturated heterocycles. The van der Waals surface area contributed by atoms with Crippen LogP contribution in [-0.2, 0) is 4.74 Å². The zero-order valence-corrected chi connectivity index (χ0v) is 16.8. The van der Waals surface area contributed by atoms with Gasteiger partial charge in [0.1, 0.15) is 6.61 Å². The third-order valence-corrected chi connectivity index (χ3v) is 4.67. The Bertz CT molecular complexity index is 1220. The highest BCUT2D eigenvalue weighted by Crippen LogP contribution is 2.21. The van der Waals surface area contributed by atoms with Crippen LogP contribution in [0.1, 0.15) is 26.5 Å². The molecule has 9 nitrogen and oxygen atoms in total. The number of hydrogen-bond acceptors (Lipinski definition) is 6. The van der Waals surface area contributed by atoms with E-state index in [1.165, 1.54) is 12.4 Å². The van der Waals surface area contributed by atoms with Gasteiger partial charge in [0.15, 0.2) is 11.4 Å². The molecule has 4 rings (SSSR count). The monoisotopic (exact) mass is 426 g/mol. The highest BCUT2D eigenvalue weighted by atomic mass is 16.5. The van der Waals surface area contributed by atoms with Crippen LogP contribution in [0.15, 0.2) is 60.9 Å². The zero-order chi connectivity index (χ0) is 22.5. The Kier molecular flexibility index (Phi) is 5.76. The van der Waals surface area contributed by atoms with Crippen molar-refractivity contribution >= 4 is 34.9 Å². The molecule has 1 fully saturated rings. The molecule has 9 heteroatoms. The maximum absolute atomic E-state index is 12.8. The molecule has 0 bridgehead atoms. The number of ether oxygens (including phenoxy) is 1. The fourth-order valence-electron chi connectivity index (χ4n) is 3.08. The van der Waals surface area contributed by atoms with Crippen molar-refractivity contribution in [3.05, 3.63) is 77.9 Å². The van der Waals surface area contributed by atoms with Crippen LogP contribution in [0.3, 0.4) is 0 Å². The van der Waals surface area contributed by atoms with E-state index in [2.05, 4.69) is 26.5 Å². The van der Waals surface area contributed by atoms with Gasteiger partial charge >= 0.3 is 0 Å². The van der Waals surface area contributed by atoms with Crippen molar-refractivity contribution in [2.24, 2.45) is 0 Å². The first-order valence-corrected chi connectivity index (χ1v) is 9.64. The Balaban J connectivity index is 1.47. The van der Waals surface area contributed by atoms with Gasteiger partial charge in [-0.25, -0.2) is 9.97 Å². The second kappa shape index (κ2) is 8.97. The first-order chi connectivity index (χ1) is 15.5. The summed E-state index contributed by atoms with van der Waals surface area (Å²) in [5.74, 6) is 1.36. The van der Waals surface area contributed by atoms with Crippen molar-refractivity contribution < 1.29 is 14.3 Å². The predicted octanol–water partition coefficient (Wildman–Crippen LogP) is 2.73. The van der Waals surface area contributed by atoms with Gasteiger partial charge in [0.2, 0.25) is 0 Å². The van der Waals surface area contributed by atoms with Crippen LogP contribution in [0.25, 0.3) is 0 Å². The largest absolute Gasteiger partial charge is 0.463 e. The van der Waals surface area contributed by atoms with Gasteiger partial charge in [0.05, 0.1) is 6.54 Å². The van der Waals surface area contributed by atoms with E-state index in [1.807, 2.05) is 0 Å². The molecule has 1 aliphatic rings. The van der Waals surface area contributed by atoms with Crippen LogP contribution in [0.4, 0.5) is 17.1 Å². The van der Waals surface area contributed by atoms with Gasteiger partial charge in [-0.2, -0.15) is 0 Å². The number of nitrogens with zero attached hydrogens (tertiary/aromatic N) is 3. The average Bonchev–Trinajstić information content (AvgIpc) is 3.26. The minimum absolute atomic E-state index is 0.0888. The molecule has 3 aromatic rings. The summed E-state index contributed by atoms with van der Waals surface area (Å²) < 4.78 is 5.14. The lowest BCUT2D eigenvalue weighted by molar-refractivity contribution is 0.0983. The van der Waals surface area contributed by atoms with Crippen LogP contribution in [0.5, 0.6) is 0 Å². The Morgan fingerprint density at radius 2 is 1.47 bits per heavy atom. The summed E-state index contributed by atoms with van der Waals surface area (Å²) in [7, 11) is 0. The number of amidine groups is 1. The van der Waals surface area contributed by atoms with Crippen LogP contribution >= 0.6 is 0 Å². The lowest BCUT2D eigenvalue weighted by atomic mass is 10.2. The molecule has 0 spiro atoms. The summed E-state index contributed by atoms with van der Waals surface area (Å²) in [6.45, 7) is 1.05. The maximum atomic E-state index is 12.8. The SMILES string of the molecule is C#Cc1ccc(NC(=O)c2nccnc2C(=O)Nc2ccc(N3CCOC3=N)cc2)cc1. The Morgan fingerprint density at radius 1 is 0.938 bits per heavy atom. The third-order valence-electron chi connectivity index (χ3n) is 4.67. The Morgan fingerprint density at radius 3 is 1.94 bits per heavy atom. The number of hydrogen-bond donors (Lipinski definition) is 3. The van der Waals surface area contributed by atoms with Gasteiger partial charge in [-0.3, -0.25) is 19.9 Å². The number of rotatable bonds is 5. The minimum Gasteiger partial charge on any atom is -0.463 e. The highest BCUT2D eigenvalue weighted by molar-refractivity contribution is 6.13. The van der Waals surface area contributed by atoms with Crippen LogP contribution in [-0.4, -0.2) is 41.0 Å². The fraction of sp³-hybridized carbons (Fsp3) is 0.0870. The zero-order valence-electron chi connectivity index (χ0n) is 16.8. The van der Waals surface area contributed by atoms with Crippen molar-refractivity contribution in [3.8, 4) is 12.3 Å². The van der Waals surface area contributed by atoms with Crippen molar-refractivity contribution in [3.63, 3.8) is 0 Å². The van der Waals surface area contributed by atoms with Crippen molar-refractivity contribution in [1.82, 2.24) is 9.97 Å². The number of benzene rings is 2. The third kappa shape index (κ3) is 4.39. The molecule has 1 aromatic heterocycles. The molecule has 2 amide bonds. The first kappa shape index (κ1) is 20.6. The van der Waals surface area contributed by atoms with Gasteiger partial charge in [-0.1, -0.05) is 5.92 Å². The predicted molar refractivity (Wildman–Crippen MR) is 120 cm³/mol. The van der Waals surface area contributed by atoms with Crippen molar-refractivity contribution in [2.45, 2.75) is 0 Å². The van der Waals surface area contributed by atoms with Gasteiger partial charge in [-0.05, 0) is 48.5 Å². The van der Waals surface area contributed by atoms with E-state index in [-0.39, 0.29) is 17.4 Å². The van der Waals surface area contributed by atoms with Gasteiger partial charge < -0.3 is 15.4 Å². The lowest BCUT2D eigenvalue weighted by Gasteiger charge is -2.15. The van der Waals surface area contributed by atoms with Gasteiger partial charge in [-0.15, -0.1) is 6.42 Å². The molecule has 32 heavy (non-hydrogen) atoms. The molecule has 0 radical (unpaired) electrons. The molecule has 1 aliphatic heterocycles. The first-order valence-electron chi connectivity index (χ1n) is 9.64. The summed E-state index contributed by atoms with van der Waals surface area (Å²) in [5, 5.41) is 13.2. The molecule has 158 valence electrons. The summed E-state index contributed by atoms with van der Waals surface area (Å²) in [5.41, 5.74) is 2.27. The molecule has 3 N–H and O–H groups in total. The molecule has 0 atom stereocenters. The number of nitrogens with one attached hydrogen (secondary N) is 3. The second-order valence-corrected chi connectivity index (χ2v) is 6.74. The van der Waals surface area contributed by atoms with Crippen LogP contribution in [0.2, 0.25) is 0 Å². The van der Waals surface area contributed by atoms with E-state index >= 15 is 0 Å². The number of amides is 2. The number of carbonyl (C=O) groups excluding carboxylic acids is 2. The fourth-order valence-corrected chi connectivity index (χ4v) is 3.08. The molecule has 0 saturated carbocycles. The van der Waals surface area contributed by atoms with Crippen molar-refractivity contribution in [2.75, 3.05) is 28.7 Å². The summed E-state index contributed by atoms with van der Waals surface area (Å²) >= 11 is 0. The molecular weight excluding hydrogens is 408 g/mol. The van der Waals surface area contributed by atoms with Gasteiger partial charge in [0.25, 0.3) is 17.8 Å². The average molecular weight is 426 g/mol. The van der Waals surface area contributed by atoms with Crippen molar-refractivity contribution in [1.29, 1.82) is 5.41 Å². The quantitative estimate of drug-likeness (QED) is 0.540.